The molecule has 0 aromatic carbocycles. The fourth-order valence-corrected chi connectivity index (χ4v) is 0.766. The van der Waals surface area contributed by atoms with Crippen molar-refractivity contribution in [2.45, 2.75) is 6.54 Å². The maximum atomic E-state index is 10.5. The van der Waals surface area contributed by atoms with Crippen LogP contribution in [0, 0.1) is 0 Å². The van der Waals surface area contributed by atoms with E-state index >= 15 is 0 Å². The van der Waals surface area contributed by atoms with E-state index in [2.05, 4.69) is 4.98 Å². The normalized spacial score (nSPS) is 9.42. The molecule has 12 heavy (non-hydrogen) atoms. The maximum Gasteiger partial charge on any atom is 0.329 e. The minimum atomic E-state index is -0.654. The Morgan fingerprint density at radius 3 is 2.92 bits per heavy atom. The van der Waals surface area contributed by atoms with Crippen LogP contribution in [0.5, 0.6) is 0 Å². The molecule has 5 heteroatoms. The van der Waals surface area contributed by atoms with Crippen molar-refractivity contribution in [3.05, 3.63) is 30.1 Å². The Labute approximate surface area is 70.0 Å². The number of aromatic nitrogens is 1. The van der Waals surface area contributed by atoms with Crippen LogP contribution in [-0.4, -0.2) is 16.0 Å². The number of hydrogen-bond acceptors (Lipinski definition) is 3. The largest absolute Gasteiger partial charge is 0.350 e. The van der Waals surface area contributed by atoms with Crippen LogP contribution in [0.1, 0.15) is 5.56 Å². The molecule has 0 saturated heterocycles. The van der Waals surface area contributed by atoms with E-state index in [9.17, 15) is 4.79 Å². The highest BCUT2D eigenvalue weighted by molar-refractivity contribution is 5.71. The van der Waals surface area contributed by atoms with E-state index in [1.54, 1.807) is 18.5 Å². The lowest BCUT2D eigenvalue weighted by Gasteiger charge is -2.12. The standard InChI is InChI=1S/C7H10N4O/c8-7(12)11(9)5-6-2-1-3-10-4-6/h1-4H,5,9H2,(H2,8,12). The predicted molar refractivity (Wildman–Crippen MR) is 43.6 cm³/mol. The van der Waals surface area contributed by atoms with Crippen molar-refractivity contribution in [1.82, 2.24) is 9.99 Å². The quantitative estimate of drug-likeness (QED) is 0.363. The van der Waals surface area contributed by atoms with Crippen LogP contribution in [0.25, 0.3) is 0 Å². The van der Waals surface area contributed by atoms with Gasteiger partial charge in [0.25, 0.3) is 0 Å². The number of primary amides is 1. The van der Waals surface area contributed by atoms with Gasteiger partial charge in [0.15, 0.2) is 0 Å². The van der Waals surface area contributed by atoms with Gasteiger partial charge in [0, 0.05) is 12.4 Å². The van der Waals surface area contributed by atoms with E-state index in [1.165, 1.54) is 0 Å². The lowest BCUT2D eigenvalue weighted by molar-refractivity contribution is 0.206. The van der Waals surface area contributed by atoms with E-state index in [-0.39, 0.29) is 6.54 Å². The molecule has 1 aromatic rings. The van der Waals surface area contributed by atoms with Crippen molar-refractivity contribution in [2.75, 3.05) is 0 Å². The Morgan fingerprint density at radius 1 is 1.67 bits per heavy atom. The first-order chi connectivity index (χ1) is 5.70. The van der Waals surface area contributed by atoms with Crippen LogP contribution < -0.4 is 11.6 Å². The molecule has 1 rings (SSSR count). The zero-order valence-corrected chi connectivity index (χ0v) is 6.47. The van der Waals surface area contributed by atoms with E-state index in [1.807, 2.05) is 6.07 Å². The summed E-state index contributed by atoms with van der Waals surface area (Å²) in [4.78, 5) is 14.4. The third-order valence-corrected chi connectivity index (χ3v) is 1.36. The van der Waals surface area contributed by atoms with Gasteiger partial charge in [-0.1, -0.05) is 6.07 Å². The summed E-state index contributed by atoms with van der Waals surface area (Å²) in [5, 5.41) is 0.928. The number of carbonyl (C=O) groups excluding carboxylic acids is 1. The van der Waals surface area contributed by atoms with Gasteiger partial charge in [-0.15, -0.1) is 0 Å². The molecule has 0 fully saturated rings. The van der Waals surface area contributed by atoms with E-state index in [4.69, 9.17) is 11.6 Å². The van der Waals surface area contributed by atoms with Gasteiger partial charge >= 0.3 is 6.03 Å². The molecule has 0 aliphatic carbocycles. The highest BCUT2D eigenvalue weighted by Gasteiger charge is 2.03. The summed E-state index contributed by atoms with van der Waals surface area (Å²) in [5.74, 6) is 5.28. The summed E-state index contributed by atoms with van der Waals surface area (Å²) in [6.07, 6.45) is 3.28. The number of amides is 2. The summed E-state index contributed by atoms with van der Waals surface area (Å²) < 4.78 is 0. The number of carbonyl (C=O) groups is 1. The topological polar surface area (TPSA) is 85.2 Å². The second kappa shape index (κ2) is 3.68. The Morgan fingerprint density at radius 2 is 2.42 bits per heavy atom. The van der Waals surface area contributed by atoms with Crippen molar-refractivity contribution >= 4 is 6.03 Å². The monoisotopic (exact) mass is 166 g/mol. The van der Waals surface area contributed by atoms with E-state index < -0.39 is 6.03 Å². The summed E-state index contributed by atoms with van der Waals surface area (Å²) in [6, 6.07) is 2.93. The van der Waals surface area contributed by atoms with Crippen molar-refractivity contribution < 1.29 is 4.79 Å². The molecule has 0 spiro atoms. The Balaban J connectivity index is 2.58. The number of nitrogens with zero attached hydrogens (tertiary/aromatic N) is 2. The molecule has 0 unspecified atom stereocenters. The molecule has 2 amide bonds. The highest BCUT2D eigenvalue weighted by atomic mass is 16.2. The van der Waals surface area contributed by atoms with Crippen molar-refractivity contribution in [3.8, 4) is 0 Å². The second-order valence-electron chi connectivity index (χ2n) is 2.33. The Hall–Kier alpha value is -1.62. The van der Waals surface area contributed by atoms with E-state index in [0.717, 1.165) is 10.6 Å². The number of rotatable bonds is 2. The van der Waals surface area contributed by atoms with Crippen LogP contribution in [0.2, 0.25) is 0 Å². The molecule has 4 N–H and O–H groups in total. The third kappa shape index (κ3) is 2.21. The van der Waals surface area contributed by atoms with Gasteiger partial charge < -0.3 is 5.73 Å². The van der Waals surface area contributed by atoms with Crippen LogP contribution in [0.15, 0.2) is 24.5 Å². The SMILES string of the molecule is NC(=O)N(N)Cc1cccnc1. The zero-order chi connectivity index (χ0) is 8.97. The minimum Gasteiger partial charge on any atom is -0.350 e. The summed E-state index contributed by atoms with van der Waals surface area (Å²) in [7, 11) is 0. The number of pyridine rings is 1. The Bertz CT molecular complexity index is 261. The molecular weight excluding hydrogens is 156 g/mol. The first kappa shape index (κ1) is 8.48. The van der Waals surface area contributed by atoms with Gasteiger partial charge in [-0.25, -0.2) is 10.6 Å². The van der Waals surface area contributed by atoms with Crippen LogP contribution in [-0.2, 0) is 6.54 Å². The average molecular weight is 166 g/mol. The lowest BCUT2D eigenvalue weighted by Crippen LogP contribution is -2.40. The second-order valence-corrected chi connectivity index (χ2v) is 2.33. The summed E-state index contributed by atoms with van der Waals surface area (Å²) >= 11 is 0. The molecule has 1 heterocycles. The predicted octanol–water partition coefficient (Wildman–Crippen LogP) is -0.164. The minimum absolute atomic E-state index is 0.281. The van der Waals surface area contributed by atoms with Crippen LogP contribution >= 0.6 is 0 Å². The first-order valence-electron chi connectivity index (χ1n) is 3.40. The number of urea groups is 1. The first-order valence-corrected chi connectivity index (χ1v) is 3.40. The van der Waals surface area contributed by atoms with Crippen molar-refractivity contribution in [1.29, 1.82) is 0 Å². The third-order valence-electron chi connectivity index (χ3n) is 1.36. The van der Waals surface area contributed by atoms with Gasteiger partial charge in [0.1, 0.15) is 0 Å². The number of hydrazine groups is 1. The molecule has 0 aliphatic rings. The van der Waals surface area contributed by atoms with E-state index in [0.29, 0.717) is 0 Å². The van der Waals surface area contributed by atoms with Crippen molar-refractivity contribution in [3.63, 3.8) is 0 Å². The van der Waals surface area contributed by atoms with Gasteiger partial charge in [0.2, 0.25) is 0 Å². The number of hydrogen-bond donors (Lipinski definition) is 2. The van der Waals surface area contributed by atoms with Crippen LogP contribution in [0.4, 0.5) is 4.79 Å². The molecule has 64 valence electrons. The fraction of sp³-hybridized carbons (Fsp3) is 0.143. The smallest absolute Gasteiger partial charge is 0.329 e. The van der Waals surface area contributed by atoms with Crippen LogP contribution in [0.3, 0.4) is 0 Å². The highest BCUT2D eigenvalue weighted by Crippen LogP contribution is 1.97. The zero-order valence-electron chi connectivity index (χ0n) is 6.47. The lowest BCUT2D eigenvalue weighted by atomic mass is 10.3. The number of nitrogens with two attached hydrogens (primary N) is 2. The maximum absolute atomic E-state index is 10.5. The molecule has 0 aliphatic heterocycles. The van der Waals surface area contributed by atoms with Gasteiger partial charge in [-0.3, -0.25) is 9.99 Å². The molecule has 0 radical (unpaired) electrons. The fourth-order valence-electron chi connectivity index (χ4n) is 0.766. The molecule has 0 atom stereocenters. The van der Waals surface area contributed by atoms with Gasteiger partial charge in [-0.2, -0.15) is 0 Å². The molecule has 5 nitrogen and oxygen atoms in total. The molecular formula is C7H10N4O. The summed E-state index contributed by atoms with van der Waals surface area (Å²) in [5.41, 5.74) is 5.77. The molecule has 1 aromatic heterocycles. The average Bonchev–Trinajstić information content (AvgIpc) is 2.06. The summed E-state index contributed by atoms with van der Waals surface area (Å²) in [6.45, 7) is 0.281. The van der Waals surface area contributed by atoms with Gasteiger partial charge in [0.05, 0.1) is 6.54 Å². The Kier molecular flexibility index (Phi) is 2.60. The van der Waals surface area contributed by atoms with Gasteiger partial charge in [-0.05, 0) is 11.6 Å². The van der Waals surface area contributed by atoms with Crippen molar-refractivity contribution in [2.24, 2.45) is 11.6 Å². The molecule has 0 bridgehead atoms. The molecule has 0 saturated carbocycles.